The molecule has 0 spiro atoms. The summed E-state index contributed by atoms with van der Waals surface area (Å²) in [6.45, 7) is 1.50. The van der Waals surface area contributed by atoms with Crippen molar-refractivity contribution in [3.05, 3.63) is 54.5 Å². The van der Waals surface area contributed by atoms with Gasteiger partial charge >= 0.3 is 0 Å². The van der Waals surface area contributed by atoms with Crippen molar-refractivity contribution in [2.24, 2.45) is 7.05 Å². The van der Waals surface area contributed by atoms with Crippen molar-refractivity contribution < 1.29 is 4.79 Å². The summed E-state index contributed by atoms with van der Waals surface area (Å²) >= 11 is 0. The lowest BCUT2D eigenvalue weighted by Gasteiger charge is -2.32. The summed E-state index contributed by atoms with van der Waals surface area (Å²) in [6.07, 6.45) is 8.37. The van der Waals surface area contributed by atoms with Crippen LogP contribution in [0.15, 0.2) is 43.2 Å². The highest BCUT2D eigenvalue weighted by Crippen LogP contribution is 2.28. The maximum atomic E-state index is 12.7. The van der Waals surface area contributed by atoms with Crippen LogP contribution in [0.4, 0.5) is 0 Å². The zero-order valence-electron chi connectivity index (χ0n) is 14.0. The van der Waals surface area contributed by atoms with Gasteiger partial charge in [-0.25, -0.2) is 14.6 Å². The topological polar surface area (TPSA) is 81.7 Å². The van der Waals surface area contributed by atoms with Crippen molar-refractivity contribution in [1.82, 2.24) is 34.4 Å². The Labute approximate surface area is 145 Å². The number of aryl methyl sites for hydroxylation is 1. The lowest BCUT2D eigenvalue weighted by molar-refractivity contribution is 0.0711. The first-order valence-corrected chi connectivity index (χ1v) is 8.30. The second kappa shape index (κ2) is 6.46. The largest absolute Gasteiger partial charge is 0.339 e. The molecule has 8 heteroatoms. The second-order valence-electron chi connectivity index (χ2n) is 6.19. The van der Waals surface area contributed by atoms with Gasteiger partial charge in [-0.15, -0.1) is 0 Å². The van der Waals surface area contributed by atoms with E-state index in [9.17, 15) is 4.79 Å². The minimum atomic E-state index is 0.0288. The van der Waals surface area contributed by atoms with Gasteiger partial charge in [0, 0.05) is 44.1 Å². The third-order valence-electron chi connectivity index (χ3n) is 4.71. The normalized spacial score (nSPS) is 15.5. The van der Waals surface area contributed by atoms with E-state index >= 15 is 0 Å². The summed E-state index contributed by atoms with van der Waals surface area (Å²) < 4.78 is 3.49. The number of carbonyl (C=O) groups excluding carboxylic acids is 1. The third-order valence-corrected chi connectivity index (χ3v) is 4.71. The summed E-state index contributed by atoms with van der Waals surface area (Å²) in [5.41, 5.74) is 1.84. The first-order chi connectivity index (χ1) is 12.2. The lowest BCUT2D eigenvalue weighted by Crippen LogP contribution is -2.38. The van der Waals surface area contributed by atoms with Crippen molar-refractivity contribution in [2.75, 3.05) is 13.1 Å². The number of amides is 1. The fourth-order valence-electron chi connectivity index (χ4n) is 3.32. The Morgan fingerprint density at radius 1 is 1.16 bits per heavy atom. The highest BCUT2D eigenvalue weighted by Gasteiger charge is 2.26. The summed E-state index contributed by atoms with van der Waals surface area (Å²) in [4.78, 5) is 22.8. The molecule has 0 atom stereocenters. The highest BCUT2D eigenvalue weighted by atomic mass is 16.2. The van der Waals surface area contributed by atoms with E-state index in [4.69, 9.17) is 0 Å². The Kier molecular flexibility index (Phi) is 4.01. The molecule has 0 saturated carbocycles. The lowest BCUT2D eigenvalue weighted by atomic mass is 9.93. The summed E-state index contributed by atoms with van der Waals surface area (Å²) in [5, 5.41) is 8.27. The van der Waals surface area contributed by atoms with Crippen LogP contribution in [0.5, 0.6) is 0 Å². The van der Waals surface area contributed by atoms with Crippen molar-refractivity contribution in [1.29, 1.82) is 0 Å². The Bertz CT molecular complexity index is 846. The fourth-order valence-corrected chi connectivity index (χ4v) is 3.32. The van der Waals surface area contributed by atoms with Crippen molar-refractivity contribution >= 4 is 5.91 Å². The first-order valence-electron chi connectivity index (χ1n) is 8.30. The van der Waals surface area contributed by atoms with Crippen LogP contribution in [0.25, 0.3) is 5.82 Å². The van der Waals surface area contributed by atoms with E-state index in [1.54, 1.807) is 29.3 Å². The number of nitrogens with zero attached hydrogens (tertiary/aromatic N) is 7. The molecule has 4 heterocycles. The predicted octanol–water partition coefficient (Wildman–Crippen LogP) is 1.42. The number of carbonyl (C=O) groups is 1. The van der Waals surface area contributed by atoms with E-state index < -0.39 is 0 Å². The quantitative estimate of drug-likeness (QED) is 0.722. The molecular weight excluding hydrogens is 318 g/mol. The van der Waals surface area contributed by atoms with E-state index in [0.29, 0.717) is 17.3 Å². The smallest absolute Gasteiger partial charge is 0.255 e. The van der Waals surface area contributed by atoms with Crippen LogP contribution in [-0.2, 0) is 7.05 Å². The van der Waals surface area contributed by atoms with Crippen molar-refractivity contribution in [3.63, 3.8) is 0 Å². The molecule has 1 fully saturated rings. The highest BCUT2D eigenvalue weighted by molar-refractivity contribution is 5.94. The molecule has 1 aliphatic heterocycles. The number of hydrogen-bond acceptors (Lipinski definition) is 5. The summed E-state index contributed by atoms with van der Waals surface area (Å²) in [6, 6.07) is 5.64. The molecule has 0 aliphatic carbocycles. The van der Waals surface area contributed by atoms with Gasteiger partial charge in [-0.1, -0.05) is 0 Å². The van der Waals surface area contributed by atoms with Crippen molar-refractivity contribution in [3.8, 4) is 5.82 Å². The molecule has 0 aromatic carbocycles. The number of hydrogen-bond donors (Lipinski definition) is 0. The maximum Gasteiger partial charge on any atom is 0.255 e. The number of rotatable bonds is 3. The third kappa shape index (κ3) is 3.02. The Morgan fingerprint density at radius 2 is 2.00 bits per heavy atom. The summed E-state index contributed by atoms with van der Waals surface area (Å²) in [7, 11) is 1.97. The van der Waals surface area contributed by atoms with Crippen LogP contribution in [0.2, 0.25) is 0 Å². The van der Waals surface area contributed by atoms with E-state index in [1.165, 1.54) is 12.0 Å². The molecule has 0 radical (unpaired) electrons. The molecule has 0 bridgehead atoms. The van der Waals surface area contributed by atoms with E-state index in [2.05, 4.69) is 26.2 Å². The zero-order valence-corrected chi connectivity index (χ0v) is 14.0. The van der Waals surface area contributed by atoms with Crippen LogP contribution in [-0.4, -0.2) is 53.4 Å². The van der Waals surface area contributed by atoms with Gasteiger partial charge in [-0.05, 0) is 31.0 Å². The standard InChI is InChI=1S/C17H19N7O/c1-22-15(4-7-20-22)13-5-8-23(9-6-13)17(25)14-2-3-16(19-10-14)24-12-18-11-21-24/h2-4,7,10-13H,5-6,8-9H2,1H3. The Morgan fingerprint density at radius 3 is 2.60 bits per heavy atom. The van der Waals surface area contributed by atoms with Gasteiger partial charge in [0.1, 0.15) is 12.7 Å². The van der Waals surface area contributed by atoms with Gasteiger partial charge in [0.25, 0.3) is 5.91 Å². The SMILES string of the molecule is Cn1nccc1C1CCN(C(=O)c2ccc(-n3cncn3)nc2)CC1. The average Bonchev–Trinajstić information content (AvgIpc) is 3.33. The van der Waals surface area contributed by atoms with Crippen LogP contribution in [0, 0.1) is 0 Å². The van der Waals surface area contributed by atoms with Crippen molar-refractivity contribution in [2.45, 2.75) is 18.8 Å². The second-order valence-corrected chi connectivity index (χ2v) is 6.19. The van der Waals surface area contributed by atoms with Gasteiger partial charge in [0.2, 0.25) is 0 Å². The van der Waals surface area contributed by atoms with E-state index in [-0.39, 0.29) is 5.91 Å². The predicted molar refractivity (Wildman–Crippen MR) is 90.2 cm³/mol. The van der Waals surface area contributed by atoms with E-state index in [1.807, 2.05) is 22.8 Å². The van der Waals surface area contributed by atoms with E-state index in [0.717, 1.165) is 25.9 Å². The molecule has 1 amide bonds. The number of aromatic nitrogens is 6. The van der Waals surface area contributed by atoms with Gasteiger partial charge in [0.15, 0.2) is 5.82 Å². The minimum Gasteiger partial charge on any atom is -0.339 e. The molecule has 3 aromatic rings. The molecule has 8 nitrogen and oxygen atoms in total. The Balaban J connectivity index is 1.41. The fraction of sp³-hybridized carbons (Fsp3) is 0.353. The minimum absolute atomic E-state index is 0.0288. The van der Waals surface area contributed by atoms with Crippen LogP contribution >= 0.6 is 0 Å². The van der Waals surface area contributed by atoms with Gasteiger partial charge in [-0.2, -0.15) is 10.2 Å². The monoisotopic (exact) mass is 337 g/mol. The molecule has 1 aliphatic rings. The molecule has 0 unspecified atom stereocenters. The molecule has 1 saturated heterocycles. The molecule has 128 valence electrons. The number of piperidine rings is 1. The van der Waals surface area contributed by atoms with Gasteiger partial charge < -0.3 is 4.90 Å². The van der Waals surface area contributed by atoms with Gasteiger partial charge in [-0.3, -0.25) is 9.48 Å². The molecule has 0 N–H and O–H groups in total. The van der Waals surface area contributed by atoms with Gasteiger partial charge in [0.05, 0.1) is 5.56 Å². The number of pyridine rings is 1. The van der Waals surface area contributed by atoms with Crippen LogP contribution in [0.1, 0.15) is 34.8 Å². The van der Waals surface area contributed by atoms with Crippen LogP contribution in [0.3, 0.4) is 0 Å². The number of likely N-dealkylation sites (tertiary alicyclic amines) is 1. The Hall–Kier alpha value is -3.03. The first kappa shape index (κ1) is 15.5. The summed E-state index contributed by atoms with van der Waals surface area (Å²) in [5.74, 6) is 1.13. The molecule has 3 aromatic heterocycles. The molecule has 4 rings (SSSR count). The van der Waals surface area contributed by atoms with Crippen LogP contribution < -0.4 is 0 Å². The maximum absolute atomic E-state index is 12.7. The molecule has 25 heavy (non-hydrogen) atoms. The molecular formula is C17H19N7O. The average molecular weight is 337 g/mol. The zero-order chi connectivity index (χ0) is 17.2.